The summed E-state index contributed by atoms with van der Waals surface area (Å²) < 4.78 is 53.3. The zero-order chi connectivity index (χ0) is 29.1. The van der Waals surface area contributed by atoms with Crippen molar-refractivity contribution in [3.05, 3.63) is 41.4 Å². The number of nitrogens with zero attached hydrogens (tertiary/aromatic N) is 4. The molecule has 0 bridgehead atoms. The van der Waals surface area contributed by atoms with Crippen molar-refractivity contribution in [2.45, 2.75) is 38.3 Å². The number of alkyl carbamates (subject to hydrolysis) is 1. The molecule has 1 amide bonds. The number of anilines is 2. The molecule has 15 heteroatoms. The topological polar surface area (TPSA) is 149 Å². The Balaban J connectivity index is 1.71. The summed E-state index contributed by atoms with van der Waals surface area (Å²) in [4.78, 5) is 20.9. The van der Waals surface area contributed by atoms with Crippen LogP contribution in [0.25, 0.3) is 22.5 Å². The normalized spacial score (nSPS) is 15.1. The van der Waals surface area contributed by atoms with Crippen LogP contribution in [-0.2, 0) is 19.5 Å². The molecule has 1 saturated heterocycles. The van der Waals surface area contributed by atoms with Gasteiger partial charge in [-0.1, -0.05) is 11.6 Å². The summed E-state index contributed by atoms with van der Waals surface area (Å²) in [5.74, 6) is -0.544. The summed E-state index contributed by atoms with van der Waals surface area (Å²) in [5.41, 5.74) is 0.246. The van der Waals surface area contributed by atoms with Gasteiger partial charge in [0, 0.05) is 54.3 Å². The molecule has 3 heterocycles. The van der Waals surface area contributed by atoms with E-state index in [1.807, 2.05) is 13.8 Å². The molecule has 0 unspecified atom stereocenters. The minimum Gasteiger partial charge on any atom is -0.453 e. The van der Waals surface area contributed by atoms with E-state index in [1.165, 1.54) is 19.2 Å². The third-order valence-corrected chi connectivity index (χ3v) is 7.18. The Morgan fingerprint density at radius 3 is 2.65 bits per heavy atom. The summed E-state index contributed by atoms with van der Waals surface area (Å²) in [7, 11) is -2.46. The lowest BCUT2D eigenvalue weighted by Gasteiger charge is -2.37. The smallest absolute Gasteiger partial charge is 0.407 e. The van der Waals surface area contributed by atoms with Crippen molar-refractivity contribution < 1.29 is 27.1 Å². The van der Waals surface area contributed by atoms with Crippen molar-refractivity contribution in [1.82, 2.24) is 25.1 Å². The number of aromatic nitrogens is 4. The van der Waals surface area contributed by atoms with Crippen LogP contribution in [0.4, 0.5) is 20.8 Å². The average Bonchev–Trinajstić information content (AvgIpc) is 3.35. The van der Waals surface area contributed by atoms with E-state index < -0.39 is 27.5 Å². The van der Waals surface area contributed by atoms with E-state index in [9.17, 15) is 13.2 Å². The minimum atomic E-state index is -3.77. The molecule has 4 rings (SSSR count). The third kappa shape index (κ3) is 6.98. The highest BCUT2D eigenvalue weighted by molar-refractivity contribution is 7.92. The Morgan fingerprint density at radius 1 is 1.27 bits per heavy atom. The fraction of sp³-hybridized carbons (Fsp3) is 0.440. The molecule has 40 heavy (non-hydrogen) atoms. The zero-order valence-electron chi connectivity index (χ0n) is 22.5. The summed E-state index contributed by atoms with van der Waals surface area (Å²) in [6.45, 7) is 5.11. The number of carbonyl (C=O) groups is 1. The molecule has 1 aliphatic heterocycles. The number of ether oxygens (including phenoxy) is 2. The predicted molar refractivity (Wildman–Crippen MR) is 149 cm³/mol. The second-order valence-corrected chi connectivity index (χ2v) is 12.0. The van der Waals surface area contributed by atoms with Gasteiger partial charge in [-0.3, -0.25) is 9.40 Å². The Morgan fingerprint density at radius 2 is 2.00 bits per heavy atom. The van der Waals surface area contributed by atoms with E-state index in [2.05, 4.69) is 30.4 Å². The predicted octanol–water partition coefficient (Wildman–Crippen LogP) is 4.07. The number of hydrogen-bond acceptors (Lipinski definition) is 9. The Labute approximate surface area is 236 Å². The largest absolute Gasteiger partial charge is 0.453 e. The van der Waals surface area contributed by atoms with Crippen LogP contribution in [0.1, 0.15) is 32.7 Å². The number of amides is 1. The average molecular weight is 596 g/mol. The molecule has 0 aliphatic carbocycles. The zero-order valence-corrected chi connectivity index (χ0v) is 24.1. The highest BCUT2D eigenvalue weighted by Gasteiger charge is 2.35. The summed E-state index contributed by atoms with van der Waals surface area (Å²) in [6.07, 6.45) is 4.80. The van der Waals surface area contributed by atoms with Gasteiger partial charge in [-0.2, -0.15) is 5.10 Å². The number of rotatable bonds is 9. The van der Waals surface area contributed by atoms with E-state index in [0.29, 0.717) is 43.9 Å². The van der Waals surface area contributed by atoms with Gasteiger partial charge in [0.2, 0.25) is 16.0 Å². The van der Waals surface area contributed by atoms with Crippen LogP contribution in [0.15, 0.2) is 30.6 Å². The third-order valence-electron chi connectivity index (χ3n) is 6.37. The van der Waals surface area contributed by atoms with Gasteiger partial charge in [0.25, 0.3) is 0 Å². The maximum Gasteiger partial charge on any atom is 0.407 e. The Kier molecular flexibility index (Phi) is 8.80. The highest BCUT2D eigenvalue weighted by Crippen LogP contribution is 2.37. The first-order chi connectivity index (χ1) is 18.9. The molecule has 1 fully saturated rings. The maximum atomic E-state index is 15.6. The molecule has 0 spiro atoms. The van der Waals surface area contributed by atoms with Gasteiger partial charge in [-0.15, -0.1) is 0 Å². The molecule has 216 valence electrons. The lowest BCUT2D eigenvalue weighted by molar-refractivity contribution is 0.0418. The molecule has 3 aromatic rings. The molecular formula is C25H31ClFN7O5S. The molecule has 1 aliphatic rings. The number of carbonyl (C=O) groups excluding carboxylic acids is 1. The van der Waals surface area contributed by atoms with Crippen molar-refractivity contribution in [1.29, 1.82) is 0 Å². The van der Waals surface area contributed by atoms with Crippen molar-refractivity contribution in [3.63, 3.8) is 0 Å². The van der Waals surface area contributed by atoms with Gasteiger partial charge in [-0.25, -0.2) is 27.6 Å². The van der Waals surface area contributed by atoms with E-state index in [0.717, 1.165) is 6.26 Å². The molecule has 3 N–H and O–H groups in total. The fourth-order valence-electron chi connectivity index (χ4n) is 4.30. The molecule has 1 aromatic carbocycles. The van der Waals surface area contributed by atoms with Gasteiger partial charge >= 0.3 is 6.09 Å². The molecule has 12 nitrogen and oxygen atoms in total. The van der Waals surface area contributed by atoms with Crippen molar-refractivity contribution >= 4 is 39.4 Å². The highest BCUT2D eigenvalue weighted by atomic mass is 35.5. The van der Waals surface area contributed by atoms with Gasteiger partial charge in [0.1, 0.15) is 5.69 Å². The van der Waals surface area contributed by atoms with Crippen molar-refractivity contribution in [2.75, 3.05) is 43.2 Å². The van der Waals surface area contributed by atoms with Crippen molar-refractivity contribution in [2.24, 2.45) is 0 Å². The van der Waals surface area contributed by atoms with E-state index in [1.54, 1.807) is 23.1 Å². The van der Waals surface area contributed by atoms with Crippen LogP contribution in [0.5, 0.6) is 0 Å². The monoisotopic (exact) mass is 595 g/mol. The Bertz CT molecular complexity index is 1490. The fourth-order valence-corrected chi connectivity index (χ4v) is 5.06. The summed E-state index contributed by atoms with van der Waals surface area (Å²) >= 11 is 6.25. The van der Waals surface area contributed by atoms with Crippen LogP contribution >= 0.6 is 11.6 Å². The van der Waals surface area contributed by atoms with Crippen molar-refractivity contribution in [3.8, 4) is 22.5 Å². The Hall–Kier alpha value is -3.49. The van der Waals surface area contributed by atoms with Crippen LogP contribution in [0.3, 0.4) is 0 Å². The first-order valence-electron chi connectivity index (χ1n) is 12.5. The van der Waals surface area contributed by atoms with Gasteiger partial charge < -0.3 is 20.1 Å². The first kappa shape index (κ1) is 29.5. The van der Waals surface area contributed by atoms with Crippen LogP contribution < -0.4 is 15.4 Å². The van der Waals surface area contributed by atoms with Crippen LogP contribution in [0, 0.1) is 5.82 Å². The minimum absolute atomic E-state index is 0.00427. The van der Waals surface area contributed by atoms with E-state index >= 15 is 4.39 Å². The number of nitrogens with one attached hydrogen (secondary N) is 3. The quantitative estimate of drug-likeness (QED) is 0.333. The first-order valence-corrected chi connectivity index (χ1v) is 14.7. The standard InChI is InChI=1S/C25H31ClFN7O5S/c1-15(2)34-13-18(22(32-34)17-11-16(26)12-20(21(17)27)33-40(4,36)37)19-5-8-28-23(30-19)29-14-25(31-24(35)38-3)6-9-39-10-7-25/h5,8,11-13,15,33H,6-7,9-10,14H2,1-4H3,(H,31,35)(H,28,29,30). The SMILES string of the molecule is COC(=O)NC1(CNc2nccc(-c3cn(C(C)C)nc3-c3cc(Cl)cc(NS(C)(=O)=O)c3F)n2)CCOCC1. The van der Waals surface area contributed by atoms with Crippen LogP contribution in [0.2, 0.25) is 5.02 Å². The summed E-state index contributed by atoms with van der Waals surface area (Å²) in [6, 6.07) is 4.17. The van der Waals surface area contributed by atoms with Gasteiger partial charge in [0.15, 0.2) is 5.82 Å². The molecular weight excluding hydrogens is 565 g/mol. The number of benzene rings is 1. The van der Waals surface area contributed by atoms with E-state index in [4.69, 9.17) is 21.1 Å². The second-order valence-electron chi connectivity index (χ2n) is 9.78. The molecule has 0 saturated carbocycles. The van der Waals surface area contributed by atoms with Gasteiger partial charge in [0.05, 0.1) is 30.3 Å². The maximum absolute atomic E-state index is 15.6. The molecule has 2 aromatic heterocycles. The van der Waals surface area contributed by atoms with E-state index in [-0.39, 0.29) is 34.0 Å². The number of halogens is 2. The van der Waals surface area contributed by atoms with Gasteiger partial charge in [-0.05, 0) is 44.9 Å². The number of sulfonamides is 1. The number of methoxy groups -OCH3 is 1. The van der Waals surface area contributed by atoms with Crippen LogP contribution in [-0.4, -0.2) is 72.9 Å². The lowest BCUT2D eigenvalue weighted by Crippen LogP contribution is -2.56. The molecule has 0 atom stereocenters. The number of hydrogen-bond donors (Lipinski definition) is 3. The summed E-state index contributed by atoms with van der Waals surface area (Å²) in [5, 5.41) is 10.8. The second kappa shape index (κ2) is 11.9. The molecule has 0 radical (unpaired) electrons. The lowest BCUT2D eigenvalue weighted by atomic mass is 9.90.